The van der Waals surface area contributed by atoms with Gasteiger partial charge in [-0.1, -0.05) is 13.8 Å². The molecule has 0 bridgehead atoms. The maximum atomic E-state index is 4.64. The summed E-state index contributed by atoms with van der Waals surface area (Å²) in [5, 5.41) is 6.54. The van der Waals surface area contributed by atoms with Gasteiger partial charge in [-0.3, -0.25) is 4.90 Å². The van der Waals surface area contributed by atoms with Crippen molar-refractivity contribution in [2.24, 2.45) is 5.41 Å². The molecule has 2 heterocycles. The van der Waals surface area contributed by atoms with E-state index in [0.717, 1.165) is 13.1 Å². The smallest absolute Gasteiger partial charge is 0.107 e. The molecule has 1 fully saturated rings. The van der Waals surface area contributed by atoms with E-state index in [2.05, 4.69) is 34.4 Å². The van der Waals surface area contributed by atoms with E-state index in [4.69, 9.17) is 0 Å². The highest BCUT2D eigenvalue weighted by Crippen LogP contribution is 2.30. The van der Waals surface area contributed by atoms with Crippen molar-refractivity contribution in [2.45, 2.75) is 39.8 Å². The molecular weight excluding hydrogens is 230 g/mol. The Hall–Kier alpha value is -0.450. The van der Waals surface area contributed by atoms with Crippen LogP contribution in [0.4, 0.5) is 0 Å². The van der Waals surface area contributed by atoms with Crippen LogP contribution in [0.2, 0.25) is 0 Å². The summed E-state index contributed by atoms with van der Waals surface area (Å²) in [5.74, 6) is 0. The largest absolute Gasteiger partial charge is 0.314 e. The molecule has 0 spiro atoms. The molecule has 1 aliphatic heterocycles. The van der Waals surface area contributed by atoms with Crippen LogP contribution in [-0.4, -0.2) is 30.0 Å². The van der Waals surface area contributed by atoms with Crippen molar-refractivity contribution >= 4 is 11.3 Å². The summed E-state index contributed by atoms with van der Waals surface area (Å²) in [6.45, 7) is 9.09. The number of piperidine rings is 1. The molecule has 1 aliphatic rings. The SMILES string of the molecule is CNCc1nc(CN2CCC(C)(C)CC2)cs1. The monoisotopic (exact) mass is 253 g/mol. The van der Waals surface area contributed by atoms with E-state index in [-0.39, 0.29) is 0 Å². The average molecular weight is 253 g/mol. The van der Waals surface area contributed by atoms with Crippen molar-refractivity contribution in [3.05, 3.63) is 16.1 Å². The van der Waals surface area contributed by atoms with E-state index in [0.29, 0.717) is 5.41 Å². The molecule has 0 aromatic carbocycles. The van der Waals surface area contributed by atoms with Gasteiger partial charge in [-0.25, -0.2) is 4.98 Å². The zero-order valence-corrected chi connectivity index (χ0v) is 11.9. The van der Waals surface area contributed by atoms with E-state index >= 15 is 0 Å². The Morgan fingerprint density at radius 2 is 2.12 bits per heavy atom. The van der Waals surface area contributed by atoms with Crippen molar-refractivity contribution in [1.29, 1.82) is 0 Å². The molecule has 0 atom stereocenters. The number of likely N-dealkylation sites (tertiary alicyclic amines) is 1. The summed E-state index contributed by atoms with van der Waals surface area (Å²) in [5.41, 5.74) is 1.77. The molecule has 1 aromatic heterocycles. The fraction of sp³-hybridized carbons (Fsp3) is 0.769. The third-order valence-corrected chi connectivity index (χ3v) is 4.42. The Kier molecular flexibility index (Phi) is 4.17. The number of rotatable bonds is 4. The van der Waals surface area contributed by atoms with Crippen LogP contribution in [0.5, 0.6) is 0 Å². The third-order valence-electron chi connectivity index (χ3n) is 3.52. The number of hydrogen-bond donors (Lipinski definition) is 1. The molecule has 1 N–H and O–H groups in total. The summed E-state index contributed by atoms with van der Waals surface area (Å²) in [6, 6.07) is 0. The van der Waals surface area contributed by atoms with Crippen molar-refractivity contribution < 1.29 is 0 Å². The molecule has 1 saturated heterocycles. The Morgan fingerprint density at radius 3 is 2.76 bits per heavy atom. The van der Waals surface area contributed by atoms with E-state index in [9.17, 15) is 0 Å². The summed E-state index contributed by atoms with van der Waals surface area (Å²) in [7, 11) is 1.97. The first-order valence-corrected chi connectivity index (χ1v) is 7.27. The topological polar surface area (TPSA) is 28.2 Å². The molecule has 0 radical (unpaired) electrons. The highest BCUT2D eigenvalue weighted by Gasteiger charge is 2.25. The van der Waals surface area contributed by atoms with Crippen LogP contribution in [0.3, 0.4) is 0 Å². The summed E-state index contributed by atoms with van der Waals surface area (Å²) < 4.78 is 0. The molecule has 0 amide bonds. The fourth-order valence-electron chi connectivity index (χ4n) is 2.20. The minimum Gasteiger partial charge on any atom is -0.314 e. The third kappa shape index (κ3) is 3.76. The van der Waals surface area contributed by atoms with Crippen LogP contribution in [-0.2, 0) is 13.1 Å². The van der Waals surface area contributed by atoms with E-state index in [1.807, 2.05) is 7.05 Å². The molecule has 3 nitrogen and oxygen atoms in total. The second-order valence-electron chi connectivity index (χ2n) is 5.70. The summed E-state index contributed by atoms with van der Waals surface area (Å²) >= 11 is 1.76. The Morgan fingerprint density at radius 1 is 1.41 bits per heavy atom. The molecule has 0 saturated carbocycles. The standard InChI is InChI=1S/C13H23N3S/c1-13(2)4-6-16(7-5-13)9-11-10-17-12(15-11)8-14-3/h10,14H,4-9H2,1-3H3. The first-order valence-electron chi connectivity index (χ1n) is 6.39. The molecule has 2 rings (SSSR count). The molecule has 0 aliphatic carbocycles. The van der Waals surface area contributed by atoms with Crippen molar-refractivity contribution in [1.82, 2.24) is 15.2 Å². The van der Waals surface area contributed by atoms with E-state index in [1.165, 1.54) is 36.6 Å². The Balaban J connectivity index is 1.84. The number of hydrogen-bond acceptors (Lipinski definition) is 4. The summed E-state index contributed by atoms with van der Waals surface area (Å²) in [6.07, 6.45) is 2.61. The average Bonchev–Trinajstić information content (AvgIpc) is 2.70. The van der Waals surface area contributed by atoms with Gasteiger partial charge in [-0.05, 0) is 38.4 Å². The van der Waals surface area contributed by atoms with Gasteiger partial charge in [0.15, 0.2) is 0 Å². The van der Waals surface area contributed by atoms with E-state index < -0.39 is 0 Å². The fourth-order valence-corrected chi connectivity index (χ4v) is 3.00. The predicted octanol–water partition coefficient (Wildman–Crippen LogP) is 2.48. The number of thiazole rings is 1. The quantitative estimate of drug-likeness (QED) is 0.893. The minimum absolute atomic E-state index is 0.538. The lowest BCUT2D eigenvalue weighted by molar-refractivity contribution is 0.126. The van der Waals surface area contributed by atoms with Gasteiger partial charge in [0.25, 0.3) is 0 Å². The van der Waals surface area contributed by atoms with Gasteiger partial charge in [0.1, 0.15) is 5.01 Å². The van der Waals surface area contributed by atoms with Gasteiger partial charge in [-0.15, -0.1) is 11.3 Å². The molecule has 96 valence electrons. The highest BCUT2D eigenvalue weighted by molar-refractivity contribution is 7.09. The molecular formula is C13H23N3S. The molecule has 0 unspecified atom stereocenters. The van der Waals surface area contributed by atoms with Gasteiger partial charge in [-0.2, -0.15) is 0 Å². The minimum atomic E-state index is 0.538. The normalized spacial score (nSPS) is 20.6. The van der Waals surface area contributed by atoms with Crippen molar-refractivity contribution in [3.8, 4) is 0 Å². The van der Waals surface area contributed by atoms with Crippen LogP contribution in [0.1, 0.15) is 37.4 Å². The van der Waals surface area contributed by atoms with Gasteiger partial charge >= 0.3 is 0 Å². The zero-order valence-electron chi connectivity index (χ0n) is 11.1. The van der Waals surface area contributed by atoms with Gasteiger partial charge in [0.05, 0.1) is 5.69 Å². The first-order chi connectivity index (χ1) is 8.09. The second-order valence-corrected chi connectivity index (χ2v) is 6.65. The van der Waals surface area contributed by atoms with Crippen LogP contribution in [0.25, 0.3) is 0 Å². The van der Waals surface area contributed by atoms with Gasteiger partial charge in [0.2, 0.25) is 0 Å². The predicted molar refractivity (Wildman–Crippen MR) is 73.2 cm³/mol. The molecule has 1 aromatic rings. The Labute approximate surface area is 108 Å². The second kappa shape index (κ2) is 5.46. The molecule has 17 heavy (non-hydrogen) atoms. The lowest BCUT2D eigenvalue weighted by Gasteiger charge is -2.36. The van der Waals surface area contributed by atoms with Gasteiger partial charge in [0, 0.05) is 18.5 Å². The lowest BCUT2D eigenvalue weighted by atomic mass is 9.83. The Bertz CT molecular complexity index is 349. The van der Waals surface area contributed by atoms with Crippen LogP contribution in [0.15, 0.2) is 5.38 Å². The maximum absolute atomic E-state index is 4.64. The summed E-state index contributed by atoms with van der Waals surface area (Å²) in [4.78, 5) is 7.18. The van der Waals surface area contributed by atoms with Crippen LogP contribution >= 0.6 is 11.3 Å². The number of nitrogens with one attached hydrogen (secondary N) is 1. The maximum Gasteiger partial charge on any atom is 0.107 e. The van der Waals surface area contributed by atoms with Crippen molar-refractivity contribution in [2.75, 3.05) is 20.1 Å². The van der Waals surface area contributed by atoms with Gasteiger partial charge < -0.3 is 5.32 Å². The number of nitrogens with zero attached hydrogens (tertiary/aromatic N) is 2. The highest BCUT2D eigenvalue weighted by atomic mass is 32.1. The molecule has 4 heteroatoms. The zero-order chi connectivity index (χ0) is 12.3. The van der Waals surface area contributed by atoms with E-state index in [1.54, 1.807) is 11.3 Å². The van der Waals surface area contributed by atoms with Crippen LogP contribution in [0, 0.1) is 5.41 Å². The van der Waals surface area contributed by atoms with Crippen molar-refractivity contribution in [3.63, 3.8) is 0 Å². The lowest BCUT2D eigenvalue weighted by Crippen LogP contribution is -2.36. The number of aromatic nitrogens is 1. The first kappa shape index (κ1) is 13.0. The van der Waals surface area contributed by atoms with Crippen LogP contribution < -0.4 is 5.32 Å².